The standard InChI is InChI=1S/C13H20FN5/c1-3-5-19-13(7-11(2)17-19)9-15-12-8-16-18(10-12)6-4-14/h7-8,10,15H,3-6,9H2,1-2H3. The number of rotatable bonds is 7. The Morgan fingerprint density at radius 3 is 2.95 bits per heavy atom. The summed E-state index contributed by atoms with van der Waals surface area (Å²) >= 11 is 0. The van der Waals surface area contributed by atoms with Gasteiger partial charge in [0.25, 0.3) is 0 Å². The molecule has 2 aromatic rings. The van der Waals surface area contributed by atoms with Crippen LogP contribution in [0.1, 0.15) is 24.7 Å². The van der Waals surface area contributed by atoms with Crippen molar-refractivity contribution < 1.29 is 4.39 Å². The minimum atomic E-state index is -0.399. The molecule has 0 aliphatic heterocycles. The van der Waals surface area contributed by atoms with Crippen molar-refractivity contribution >= 4 is 5.69 Å². The maximum atomic E-state index is 12.2. The van der Waals surface area contributed by atoms with E-state index >= 15 is 0 Å². The highest BCUT2D eigenvalue weighted by molar-refractivity contribution is 5.38. The highest BCUT2D eigenvalue weighted by atomic mass is 19.1. The maximum absolute atomic E-state index is 12.2. The molecule has 0 amide bonds. The van der Waals surface area contributed by atoms with Crippen molar-refractivity contribution in [1.82, 2.24) is 19.6 Å². The zero-order valence-electron chi connectivity index (χ0n) is 11.4. The topological polar surface area (TPSA) is 47.7 Å². The average Bonchev–Trinajstić information content (AvgIpc) is 2.95. The van der Waals surface area contributed by atoms with Crippen molar-refractivity contribution in [2.45, 2.75) is 39.9 Å². The number of aromatic nitrogens is 4. The summed E-state index contributed by atoms with van der Waals surface area (Å²) in [6, 6.07) is 2.08. The highest BCUT2D eigenvalue weighted by Crippen LogP contribution is 2.10. The molecule has 0 aliphatic rings. The van der Waals surface area contributed by atoms with Crippen LogP contribution in [0.25, 0.3) is 0 Å². The summed E-state index contributed by atoms with van der Waals surface area (Å²) < 4.78 is 15.8. The molecule has 19 heavy (non-hydrogen) atoms. The second-order valence-electron chi connectivity index (χ2n) is 4.53. The molecule has 0 saturated heterocycles. The fourth-order valence-electron chi connectivity index (χ4n) is 2.00. The van der Waals surface area contributed by atoms with Crippen molar-refractivity contribution in [3.63, 3.8) is 0 Å². The van der Waals surface area contributed by atoms with E-state index in [0.717, 1.165) is 30.0 Å². The van der Waals surface area contributed by atoms with Gasteiger partial charge in [0.05, 0.1) is 36.4 Å². The summed E-state index contributed by atoms with van der Waals surface area (Å²) in [5, 5.41) is 11.8. The molecule has 1 N–H and O–H groups in total. The molecule has 5 nitrogen and oxygen atoms in total. The van der Waals surface area contributed by atoms with Crippen LogP contribution >= 0.6 is 0 Å². The van der Waals surface area contributed by atoms with Gasteiger partial charge in [-0.2, -0.15) is 10.2 Å². The van der Waals surface area contributed by atoms with Gasteiger partial charge in [0.1, 0.15) is 6.67 Å². The first kappa shape index (κ1) is 13.6. The van der Waals surface area contributed by atoms with Gasteiger partial charge in [-0.3, -0.25) is 9.36 Å². The second kappa shape index (κ2) is 6.36. The lowest BCUT2D eigenvalue weighted by atomic mass is 10.3. The monoisotopic (exact) mass is 265 g/mol. The van der Waals surface area contributed by atoms with E-state index < -0.39 is 6.67 Å². The summed E-state index contributed by atoms with van der Waals surface area (Å²) in [5.41, 5.74) is 3.08. The molecule has 6 heteroatoms. The lowest BCUT2D eigenvalue weighted by Gasteiger charge is -2.06. The highest BCUT2D eigenvalue weighted by Gasteiger charge is 2.05. The summed E-state index contributed by atoms with van der Waals surface area (Å²) in [7, 11) is 0. The number of anilines is 1. The lowest BCUT2D eigenvalue weighted by Crippen LogP contribution is -2.08. The Labute approximate surface area is 112 Å². The molecule has 2 aromatic heterocycles. The third-order valence-electron chi connectivity index (χ3n) is 2.84. The normalized spacial score (nSPS) is 10.9. The number of nitrogens with zero attached hydrogens (tertiary/aromatic N) is 4. The van der Waals surface area contributed by atoms with Gasteiger partial charge in [-0.05, 0) is 19.4 Å². The second-order valence-corrected chi connectivity index (χ2v) is 4.53. The van der Waals surface area contributed by atoms with Gasteiger partial charge in [0.15, 0.2) is 0 Å². The van der Waals surface area contributed by atoms with Crippen LogP contribution in [0, 0.1) is 6.92 Å². The van der Waals surface area contributed by atoms with Crippen molar-refractivity contribution in [2.24, 2.45) is 0 Å². The number of hydrogen-bond donors (Lipinski definition) is 1. The molecule has 0 radical (unpaired) electrons. The Morgan fingerprint density at radius 2 is 2.21 bits per heavy atom. The van der Waals surface area contributed by atoms with Gasteiger partial charge < -0.3 is 5.32 Å². The number of aryl methyl sites for hydroxylation is 3. The molecule has 0 aliphatic carbocycles. The molecule has 0 bridgehead atoms. The van der Waals surface area contributed by atoms with Crippen LogP contribution in [0.15, 0.2) is 18.5 Å². The zero-order chi connectivity index (χ0) is 13.7. The van der Waals surface area contributed by atoms with Crippen molar-refractivity contribution in [3.8, 4) is 0 Å². The molecule has 0 atom stereocenters. The first-order valence-electron chi connectivity index (χ1n) is 6.58. The van der Waals surface area contributed by atoms with Crippen LogP contribution in [-0.4, -0.2) is 26.2 Å². The van der Waals surface area contributed by atoms with Crippen LogP contribution in [0.3, 0.4) is 0 Å². The van der Waals surface area contributed by atoms with E-state index in [1.54, 1.807) is 10.9 Å². The van der Waals surface area contributed by atoms with Gasteiger partial charge in [-0.15, -0.1) is 0 Å². The van der Waals surface area contributed by atoms with Gasteiger partial charge in [0.2, 0.25) is 0 Å². The molecule has 0 aromatic carbocycles. The van der Waals surface area contributed by atoms with E-state index in [4.69, 9.17) is 0 Å². The van der Waals surface area contributed by atoms with Crippen LogP contribution in [0.2, 0.25) is 0 Å². The average molecular weight is 265 g/mol. The van der Waals surface area contributed by atoms with Gasteiger partial charge in [-0.1, -0.05) is 6.92 Å². The first-order chi connectivity index (χ1) is 9.22. The summed E-state index contributed by atoms with van der Waals surface area (Å²) in [6.07, 6.45) is 4.58. The molecule has 0 spiro atoms. The summed E-state index contributed by atoms with van der Waals surface area (Å²) in [6.45, 7) is 5.65. The summed E-state index contributed by atoms with van der Waals surface area (Å²) in [5.74, 6) is 0. The quantitative estimate of drug-likeness (QED) is 0.836. The fourth-order valence-corrected chi connectivity index (χ4v) is 2.00. The van der Waals surface area contributed by atoms with Crippen molar-refractivity contribution in [2.75, 3.05) is 12.0 Å². The third-order valence-corrected chi connectivity index (χ3v) is 2.84. The van der Waals surface area contributed by atoms with E-state index in [1.165, 1.54) is 0 Å². The number of hydrogen-bond acceptors (Lipinski definition) is 3. The Bertz CT molecular complexity index is 517. The van der Waals surface area contributed by atoms with Crippen molar-refractivity contribution in [1.29, 1.82) is 0 Å². The van der Waals surface area contributed by atoms with Gasteiger partial charge >= 0.3 is 0 Å². The van der Waals surface area contributed by atoms with Crippen molar-refractivity contribution in [3.05, 3.63) is 29.8 Å². The molecule has 2 rings (SSSR count). The van der Waals surface area contributed by atoms with E-state index in [0.29, 0.717) is 13.1 Å². The zero-order valence-corrected chi connectivity index (χ0v) is 11.4. The minimum absolute atomic E-state index is 0.300. The molecule has 0 unspecified atom stereocenters. The van der Waals surface area contributed by atoms with Crippen LogP contribution in [0.5, 0.6) is 0 Å². The number of nitrogens with one attached hydrogen (secondary N) is 1. The van der Waals surface area contributed by atoms with E-state index in [2.05, 4.69) is 28.5 Å². The smallest absolute Gasteiger partial charge is 0.109 e. The van der Waals surface area contributed by atoms with Gasteiger partial charge in [-0.25, -0.2) is 4.39 Å². The fraction of sp³-hybridized carbons (Fsp3) is 0.538. The Morgan fingerprint density at radius 1 is 1.37 bits per heavy atom. The van der Waals surface area contributed by atoms with Crippen LogP contribution < -0.4 is 5.32 Å². The molecule has 104 valence electrons. The molecule has 2 heterocycles. The number of halogens is 1. The lowest BCUT2D eigenvalue weighted by molar-refractivity contribution is 0.427. The van der Waals surface area contributed by atoms with Crippen LogP contribution in [0.4, 0.5) is 10.1 Å². The first-order valence-corrected chi connectivity index (χ1v) is 6.58. The van der Waals surface area contributed by atoms with E-state index in [9.17, 15) is 4.39 Å². The Kier molecular flexibility index (Phi) is 4.54. The summed E-state index contributed by atoms with van der Waals surface area (Å²) in [4.78, 5) is 0. The number of alkyl halides is 1. The SMILES string of the molecule is CCCn1nc(C)cc1CNc1cnn(CCF)c1. The minimum Gasteiger partial charge on any atom is -0.377 e. The van der Waals surface area contributed by atoms with Gasteiger partial charge in [0, 0.05) is 12.7 Å². The largest absolute Gasteiger partial charge is 0.377 e. The Hall–Kier alpha value is -1.85. The third kappa shape index (κ3) is 3.56. The molecule has 0 fully saturated rings. The van der Waals surface area contributed by atoms with Crippen LogP contribution in [-0.2, 0) is 19.6 Å². The Balaban J connectivity index is 1.97. The molecular weight excluding hydrogens is 245 g/mol. The molecular formula is C13H20FN5. The maximum Gasteiger partial charge on any atom is 0.109 e. The van der Waals surface area contributed by atoms with E-state index in [1.807, 2.05) is 17.8 Å². The van der Waals surface area contributed by atoms with E-state index in [-0.39, 0.29) is 0 Å². The predicted octanol–water partition coefficient (Wildman–Crippen LogP) is 2.38. The predicted molar refractivity (Wildman–Crippen MR) is 72.8 cm³/mol. The molecule has 0 saturated carbocycles.